The number of nitrogens with two attached hydrogens (primary N) is 1. The van der Waals surface area contributed by atoms with Crippen molar-refractivity contribution < 1.29 is 4.39 Å². The van der Waals surface area contributed by atoms with Crippen LogP contribution >= 0.6 is 0 Å². The molecule has 1 aromatic heterocycles. The van der Waals surface area contributed by atoms with Gasteiger partial charge < -0.3 is 15.2 Å². The molecule has 5 heteroatoms. The van der Waals surface area contributed by atoms with E-state index in [1.807, 2.05) is 4.57 Å². The van der Waals surface area contributed by atoms with Gasteiger partial charge in [-0.05, 0) is 42.5 Å². The Morgan fingerprint density at radius 3 is 2.74 bits per heavy atom. The fourth-order valence-corrected chi connectivity index (χ4v) is 3.32. The van der Waals surface area contributed by atoms with E-state index >= 15 is 0 Å². The summed E-state index contributed by atoms with van der Waals surface area (Å²) in [6.45, 7) is 4.65. The van der Waals surface area contributed by atoms with Crippen LogP contribution in [0.2, 0.25) is 0 Å². The first-order valence-electron chi connectivity index (χ1n) is 7.97. The molecule has 1 saturated heterocycles. The zero-order valence-corrected chi connectivity index (χ0v) is 13.3. The molecule has 1 atom stereocenters. The second-order valence-corrected chi connectivity index (χ2v) is 6.33. The van der Waals surface area contributed by atoms with Gasteiger partial charge in [-0.15, -0.1) is 0 Å². The molecule has 0 bridgehead atoms. The highest BCUT2D eigenvalue weighted by atomic mass is 19.1. The Balaban J connectivity index is 1.97. The number of nitrogens with zero attached hydrogens (tertiary/aromatic N) is 3. The molecule has 4 nitrogen and oxygen atoms in total. The van der Waals surface area contributed by atoms with Gasteiger partial charge in [-0.25, -0.2) is 4.39 Å². The summed E-state index contributed by atoms with van der Waals surface area (Å²) in [6.07, 6.45) is 2.35. The molecule has 0 saturated carbocycles. The monoisotopic (exact) mass is 312 g/mol. The van der Waals surface area contributed by atoms with Crippen LogP contribution in [0.25, 0.3) is 0 Å². The summed E-state index contributed by atoms with van der Waals surface area (Å²) in [5.41, 5.74) is 8.33. The average molecular weight is 312 g/mol. The molecule has 1 aromatic carbocycles. The van der Waals surface area contributed by atoms with Crippen molar-refractivity contribution in [2.45, 2.75) is 26.3 Å². The second kappa shape index (κ2) is 6.33. The van der Waals surface area contributed by atoms with Crippen molar-refractivity contribution in [1.82, 2.24) is 4.57 Å². The number of nitriles is 1. The summed E-state index contributed by atoms with van der Waals surface area (Å²) >= 11 is 0. The highest BCUT2D eigenvalue weighted by Gasteiger charge is 2.23. The summed E-state index contributed by atoms with van der Waals surface area (Å²) in [5, 5.41) is 9.42. The van der Waals surface area contributed by atoms with Crippen molar-refractivity contribution in [3.8, 4) is 6.07 Å². The molecule has 0 unspecified atom stereocenters. The predicted octanol–water partition coefficient (Wildman–Crippen LogP) is 3.37. The molecule has 120 valence electrons. The van der Waals surface area contributed by atoms with Crippen LogP contribution < -0.4 is 10.6 Å². The highest BCUT2D eigenvalue weighted by molar-refractivity contribution is 5.68. The lowest BCUT2D eigenvalue weighted by Crippen LogP contribution is -2.36. The molecule has 2 aromatic rings. The van der Waals surface area contributed by atoms with Crippen LogP contribution in [0.4, 0.5) is 15.9 Å². The molecule has 3 rings (SSSR count). The van der Waals surface area contributed by atoms with E-state index in [1.54, 1.807) is 18.2 Å². The van der Waals surface area contributed by atoms with Gasteiger partial charge in [-0.1, -0.05) is 19.1 Å². The minimum atomic E-state index is -0.258. The lowest BCUT2D eigenvalue weighted by molar-refractivity contribution is 0.441. The minimum Gasteiger partial charge on any atom is -0.396 e. The fourth-order valence-electron chi connectivity index (χ4n) is 3.32. The number of hydrogen-bond donors (Lipinski definition) is 1. The fraction of sp³-hybridized carbons (Fsp3) is 0.389. The van der Waals surface area contributed by atoms with Crippen LogP contribution in [0.15, 0.2) is 30.3 Å². The number of hydrogen-bond acceptors (Lipinski definition) is 3. The van der Waals surface area contributed by atoms with Gasteiger partial charge in [0.05, 0.1) is 12.2 Å². The number of piperidine rings is 1. The SMILES string of the molecule is C[C@H]1CCCN(c2c(N)cc(C#N)n2Cc2ccc(F)cc2)C1. The summed E-state index contributed by atoms with van der Waals surface area (Å²) in [7, 11) is 0. The molecule has 0 radical (unpaired) electrons. The van der Waals surface area contributed by atoms with E-state index in [-0.39, 0.29) is 5.82 Å². The van der Waals surface area contributed by atoms with Gasteiger partial charge in [-0.3, -0.25) is 0 Å². The van der Waals surface area contributed by atoms with Gasteiger partial charge in [0.15, 0.2) is 0 Å². The van der Waals surface area contributed by atoms with Gasteiger partial charge in [0.2, 0.25) is 0 Å². The van der Waals surface area contributed by atoms with Gasteiger partial charge in [0.25, 0.3) is 0 Å². The largest absolute Gasteiger partial charge is 0.396 e. The smallest absolute Gasteiger partial charge is 0.133 e. The molecule has 0 aliphatic carbocycles. The molecular formula is C18H21FN4. The normalized spacial score (nSPS) is 18.0. The van der Waals surface area contributed by atoms with Crippen molar-refractivity contribution in [2.75, 3.05) is 23.7 Å². The summed E-state index contributed by atoms with van der Waals surface area (Å²) < 4.78 is 15.0. The standard InChI is InChI=1S/C18H21FN4/c1-13-3-2-8-22(11-13)18-17(21)9-16(10-20)23(18)12-14-4-6-15(19)7-5-14/h4-7,9,13H,2-3,8,11-12,21H2,1H3/t13-/m0/s1. The van der Waals surface area contributed by atoms with Gasteiger partial charge >= 0.3 is 0 Å². The molecule has 2 heterocycles. The Bertz CT molecular complexity index is 727. The van der Waals surface area contributed by atoms with Gasteiger partial charge in [-0.2, -0.15) is 5.26 Å². The van der Waals surface area contributed by atoms with Crippen molar-refractivity contribution in [3.05, 3.63) is 47.4 Å². The first-order valence-corrected chi connectivity index (χ1v) is 7.97. The van der Waals surface area contributed by atoms with Gasteiger partial charge in [0, 0.05) is 13.1 Å². The van der Waals surface area contributed by atoms with E-state index in [2.05, 4.69) is 17.9 Å². The van der Waals surface area contributed by atoms with Crippen molar-refractivity contribution >= 4 is 11.5 Å². The molecule has 2 N–H and O–H groups in total. The molecule has 0 amide bonds. The second-order valence-electron chi connectivity index (χ2n) is 6.33. The number of aromatic nitrogens is 1. The number of halogens is 1. The number of rotatable bonds is 3. The van der Waals surface area contributed by atoms with Crippen molar-refractivity contribution in [1.29, 1.82) is 5.26 Å². The molecule has 1 fully saturated rings. The first kappa shape index (κ1) is 15.4. The van der Waals surface area contributed by atoms with Crippen LogP contribution in [0.3, 0.4) is 0 Å². The number of anilines is 2. The third-order valence-electron chi connectivity index (χ3n) is 4.42. The van der Waals surface area contributed by atoms with Crippen LogP contribution in [-0.4, -0.2) is 17.7 Å². The van der Waals surface area contributed by atoms with E-state index < -0.39 is 0 Å². The maximum absolute atomic E-state index is 13.1. The zero-order valence-electron chi connectivity index (χ0n) is 13.3. The van der Waals surface area contributed by atoms with Gasteiger partial charge in [0.1, 0.15) is 23.4 Å². The Morgan fingerprint density at radius 1 is 1.35 bits per heavy atom. The third kappa shape index (κ3) is 3.16. The molecule has 1 aliphatic heterocycles. The Labute approximate surface area is 135 Å². The molecule has 1 aliphatic rings. The molecular weight excluding hydrogens is 291 g/mol. The maximum Gasteiger partial charge on any atom is 0.133 e. The highest BCUT2D eigenvalue weighted by Crippen LogP contribution is 2.32. The van der Waals surface area contributed by atoms with E-state index in [0.717, 1.165) is 30.9 Å². The number of nitrogen functional groups attached to an aromatic ring is 1. The van der Waals surface area contributed by atoms with E-state index in [0.29, 0.717) is 23.8 Å². The van der Waals surface area contributed by atoms with Crippen molar-refractivity contribution in [2.24, 2.45) is 5.92 Å². The van der Waals surface area contributed by atoms with E-state index in [1.165, 1.54) is 18.6 Å². The maximum atomic E-state index is 13.1. The minimum absolute atomic E-state index is 0.258. The molecule has 23 heavy (non-hydrogen) atoms. The van der Waals surface area contributed by atoms with Crippen LogP contribution in [-0.2, 0) is 6.54 Å². The van der Waals surface area contributed by atoms with Crippen LogP contribution in [0.5, 0.6) is 0 Å². The lowest BCUT2D eigenvalue weighted by Gasteiger charge is -2.34. The van der Waals surface area contributed by atoms with Crippen LogP contribution in [0, 0.1) is 23.1 Å². The van der Waals surface area contributed by atoms with Crippen molar-refractivity contribution in [3.63, 3.8) is 0 Å². The third-order valence-corrected chi connectivity index (χ3v) is 4.42. The number of benzene rings is 1. The Kier molecular flexibility index (Phi) is 4.24. The average Bonchev–Trinajstić information content (AvgIpc) is 2.85. The Hall–Kier alpha value is -2.48. The zero-order chi connectivity index (χ0) is 16.4. The van der Waals surface area contributed by atoms with E-state index in [4.69, 9.17) is 5.73 Å². The van der Waals surface area contributed by atoms with Crippen LogP contribution in [0.1, 0.15) is 31.0 Å². The molecule has 0 spiro atoms. The summed E-state index contributed by atoms with van der Waals surface area (Å²) in [6, 6.07) is 10.3. The summed E-state index contributed by atoms with van der Waals surface area (Å²) in [5.74, 6) is 1.27. The first-order chi connectivity index (χ1) is 11.1. The topological polar surface area (TPSA) is 58.0 Å². The van der Waals surface area contributed by atoms with E-state index in [9.17, 15) is 9.65 Å². The summed E-state index contributed by atoms with van der Waals surface area (Å²) in [4.78, 5) is 2.27. The Morgan fingerprint density at radius 2 is 2.09 bits per heavy atom. The lowest BCUT2D eigenvalue weighted by atomic mass is 10.0. The quantitative estimate of drug-likeness (QED) is 0.945. The predicted molar refractivity (Wildman–Crippen MR) is 89.7 cm³/mol.